The summed E-state index contributed by atoms with van der Waals surface area (Å²) in [6.07, 6.45) is 1.50. The van der Waals surface area contributed by atoms with Gasteiger partial charge >= 0.3 is 5.91 Å². The van der Waals surface area contributed by atoms with Crippen molar-refractivity contribution < 1.29 is 23.4 Å². The molecule has 0 unspecified atom stereocenters. The Morgan fingerprint density at radius 1 is 0.886 bits per heavy atom. The van der Waals surface area contributed by atoms with Crippen molar-refractivity contribution in [1.82, 2.24) is 9.99 Å². The molecule has 1 N–H and O–H groups in total. The minimum atomic E-state index is -0.495. The zero-order chi connectivity index (χ0) is 31.2. The maximum absolute atomic E-state index is 12.7. The van der Waals surface area contributed by atoms with Gasteiger partial charge in [0.25, 0.3) is 0 Å². The molecule has 11 heteroatoms. The van der Waals surface area contributed by atoms with Gasteiger partial charge in [-0.05, 0) is 118 Å². The Kier molecular flexibility index (Phi) is 10.3. The predicted octanol–water partition coefficient (Wildman–Crippen LogP) is 8.91. The number of amides is 1. The summed E-state index contributed by atoms with van der Waals surface area (Å²) in [5.74, 6) is 1.87. The zero-order valence-electron chi connectivity index (χ0n) is 24.1. The van der Waals surface area contributed by atoms with E-state index in [1.165, 1.54) is 6.21 Å². The zero-order valence-corrected chi connectivity index (χ0v) is 28.8. The maximum atomic E-state index is 12.7. The van der Waals surface area contributed by atoms with Gasteiger partial charge in [0.15, 0.2) is 17.3 Å². The number of ether oxygens (including phenoxy) is 3. The number of halogens is 3. The fourth-order valence-corrected chi connectivity index (χ4v) is 5.64. The van der Waals surface area contributed by atoms with Gasteiger partial charge in [0, 0.05) is 31.6 Å². The molecule has 8 nitrogen and oxygen atoms in total. The van der Waals surface area contributed by atoms with Crippen molar-refractivity contribution in [2.24, 2.45) is 5.10 Å². The standard InChI is InChI=1S/C33H28Br3N3O5/c1-20-4-5-21(2)39(20)25-10-12-26(13-11-25)42-19-27-14-15-28(44-27)33(40)38-37-17-23-16-29(41-3)32(31(36)30(23)35)43-18-22-6-8-24(34)9-7-22/h4-17H,18-19H2,1-3H3,(H,38,40)/b37-17+. The highest BCUT2D eigenvalue weighted by Gasteiger charge is 2.17. The highest BCUT2D eigenvalue weighted by molar-refractivity contribution is 9.13. The van der Waals surface area contributed by atoms with Gasteiger partial charge in [-0.1, -0.05) is 28.1 Å². The molecule has 0 spiro atoms. The second kappa shape index (κ2) is 14.3. The SMILES string of the molecule is COc1cc(/C=N/NC(=O)c2ccc(COc3ccc(-n4c(C)ccc4C)cc3)o2)c(Br)c(Br)c1OCc1ccc(Br)cc1. The lowest BCUT2D eigenvalue weighted by molar-refractivity contribution is 0.0923. The third-order valence-electron chi connectivity index (χ3n) is 6.67. The highest BCUT2D eigenvalue weighted by atomic mass is 79.9. The topological polar surface area (TPSA) is 87.2 Å². The van der Waals surface area contributed by atoms with E-state index in [2.05, 4.69) is 88.9 Å². The summed E-state index contributed by atoms with van der Waals surface area (Å²) in [5, 5.41) is 4.10. The monoisotopic (exact) mass is 783 g/mol. The predicted molar refractivity (Wildman–Crippen MR) is 180 cm³/mol. The van der Waals surface area contributed by atoms with Crippen LogP contribution in [-0.2, 0) is 13.2 Å². The highest BCUT2D eigenvalue weighted by Crippen LogP contribution is 2.42. The van der Waals surface area contributed by atoms with E-state index in [4.69, 9.17) is 18.6 Å². The minimum absolute atomic E-state index is 0.115. The van der Waals surface area contributed by atoms with Crippen molar-refractivity contribution in [1.29, 1.82) is 0 Å². The molecule has 226 valence electrons. The van der Waals surface area contributed by atoms with Gasteiger partial charge in [0.05, 0.1) is 17.8 Å². The van der Waals surface area contributed by atoms with Gasteiger partial charge in [0.1, 0.15) is 24.7 Å². The lowest BCUT2D eigenvalue weighted by Gasteiger charge is -2.15. The van der Waals surface area contributed by atoms with Crippen LogP contribution in [0.25, 0.3) is 5.69 Å². The number of hydrogen-bond donors (Lipinski definition) is 1. The molecule has 5 rings (SSSR count). The molecule has 2 aromatic heterocycles. The number of furan rings is 1. The maximum Gasteiger partial charge on any atom is 0.307 e. The van der Waals surface area contributed by atoms with E-state index in [0.29, 0.717) is 44.1 Å². The van der Waals surface area contributed by atoms with Gasteiger partial charge < -0.3 is 23.2 Å². The molecule has 0 radical (unpaired) electrons. The van der Waals surface area contributed by atoms with Crippen LogP contribution in [0, 0.1) is 13.8 Å². The van der Waals surface area contributed by atoms with E-state index in [-0.39, 0.29) is 12.4 Å². The lowest BCUT2D eigenvalue weighted by Crippen LogP contribution is -2.16. The molecule has 3 aromatic carbocycles. The van der Waals surface area contributed by atoms with Crippen LogP contribution >= 0.6 is 47.8 Å². The van der Waals surface area contributed by atoms with Crippen molar-refractivity contribution in [3.8, 4) is 22.9 Å². The first-order valence-electron chi connectivity index (χ1n) is 13.5. The Morgan fingerprint density at radius 2 is 1.59 bits per heavy atom. The molecule has 0 fully saturated rings. The quantitative estimate of drug-likeness (QED) is 0.107. The third kappa shape index (κ3) is 7.46. The minimum Gasteiger partial charge on any atom is -0.493 e. The summed E-state index contributed by atoms with van der Waals surface area (Å²) >= 11 is 10.6. The number of aryl methyl sites for hydroxylation is 2. The Bertz CT molecular complexity index is 1780. The third-order valence-corrected chi connectivity index (χ3v) is 9.35. The molecule has 0 saturated carbocycles. The first-order valence-corrected chi connectivity index (χ1v) is 15.8. The van der Waals surface area contributed by atoms with Crippen LogP contribution < -0.4 is 19.6 Å². The van der Waals surface area contributed by atoms with Crippen LogP contribution in [-0.4, -0.2) is 23.8 Å². The van der Waals surface area contributed by atoms with Crippen molar-refractivity contribution in [3.05, 3.63) is 126 Å². The largest absolute Gasteiger partial charge is 0.493 e. The van der Waals surface area contributed by atoms with Crippen molar-refractivity contribution in [2.75, 3.05) is 7.11 Å². The number of hydrogen-bond acceptors (Lipinski definition) is 6. The first-order chi connectivity index (χ1) is 21.2. The molecule has 5 aromatic rings. The molecule has 1 amide bonds. The van der Waals surface area contributed by atoms with Crippen LogP contribution in [0.4, 0.5) is 0 Å². The number of carbonyl (C=O) groups excluding carboxylic acids is 1. The van der Waals surface area contributed by atoms with Gasteiger partial charge in [0.2, 0.25) is 0 Å². The number of nitrogens with zero attached hydrogens (tertiary/aromatic N) is 2. The van der Waals surface area contributed by atoms with E-state index < -0.39 is 5.91 Å². The summed E-state index contributed by atoms with van der Waals surface area (Å²) in [6.45, 7) is 4.67. The molecule has 2 heterocycles. The fourth-order valence-electron chi connectivity index (χ4n) is 4.44. The van der Waals surface area contributed by atoms with E-state index in [9.17, 15) is 4.79 Å². The normalized spacial score (nSPS) is 11.1. The average Bonchev–Trinajstić information content (AvgIpc) is 3.64. The molecule has 0 atom stereocenters. The summed E-state index contributed by atoms with van der Waals surface area (Å²) < 4.78 is 27.7. The van der Waals surface area contributed by atoms with E-state index in [0.717, 1.165) is 27.1 Å². The smallest absolute Gasteiger partial charge is 0.307 e. The van der Waals surface area contributed by atoms with Crippen molar-refractivity contribution in [3.63, 3.8) is 0 Å². The Labute approximate surface area is 280 Å². The van der Waals surface area contributed by atoms with Gasteiger partial charge in [-0.15, -0.1) is 0 Å². The molecule has 0 aliphatic rings. The van der Waals surface area contributed by atoms with Crippen LogP contribution in [0.15, 0.2) is 102 Å². The van der Waals surface area contributed by atoms with Crippen LogP contribution in [0.1, 0.15) is 38.8 Å². The number of carbonyl (C=O) groups is 1. The summed E-state index contributed by atoms with van der Waals surface area (Å²) in [5.41, 5.74) is 7.55. The molecular formula is C33H28Br3N3O5. The molecule has 0 aliphatic heterocycles. The second-order valence-corrected chi connectivity index (χ2v) is 12.2. The Balaban J connectivity index is 1.17. The van der Waals surface area contributed by atoms with Crippen LogP contribution in [0.3, 0.4) is 0 Å². The van der Waals surface area contributed by atoms with Crippen LogP contribution in [0.5, 0.6) is 17.2 Å². The molecule has 0 bridgehead atoms. The lowest BCUT2D eigenvalue weighted by atomic mass is 10.2. The van der Waals surface area contributed by atoms with Crippen molar-refractivity contribution in [2.45, 2.75) is 27.1 Å². The van der Waals surface area contributed by atoms with Crippen LogP contribution in [0.2, 0.25) is 0 Å². The molecule has 0 aliphatic carbocycles. The Morgan fingerprint density at radius 3 is 2.27 bits per heavy atom. The van der Waals surface area contributed by atoms with E-state index in [1.54, 1.807) is 25.3 Å². The van der Waals surface area contributed by atoms with E-state index in [1.807, 2.05) is 48.5 Å². The summed E-state index contributed by atoms with van der Waals surface area (Å²) in [6, 6.07) is 24.9. The number of methoxy groups -OCH3 is 1. The van der Waals surface area contributed by atoms with Gasteiger partial charge in [-0.3, -0.25) is 4.79 Å². The number of benzene rings is 3. The van der Waals surface area contributed by atoms with E-state index >= 15 is 0 Å². The van der Waals surface area contributed by atoms with Gasteiger partial charge in [-0.25, -0.2) is 5.43 Å². The molecule has 0 saturated heterocycles. The number of nitrogens with one attached hydrogen (secondary N) is 1. The fraction of sp³-hybridized carbons (Fsp3) is 0.152. The number of hydrazone groups is 1. The first kappa shape index (κ1) is 31.6. The summed E-state index contributed by atoms with van der Waals surface area (Å²) in [4.78, 5) is 12.7. The average molecular weight is 786 g/mol. The second-order valence-electron chi connectivity index (χ2n) is 9.74. The van der Waals surface area contributed by atoms with Crippen molar-refractivity contribution >= 4 is 59.9 Å². The summed E-state index contributed by atoms with van der Waals surface area (Å²) in [7, 11) is 1.56. The Hall–Kier alpha value is -3.80. The molecular weight excluding hydrogens is 758 g/mol. The number of rotatable bonds is 11. The number of aromatic nitrogens is 1. The molecule has 44 heavy (non-hydrogen) atoms. The van der Waals surface area contributed by atoms with Gasteiger partial charge in [-0.2, -0.15) is 5.10 Å².